The van der Waals surface area contributed by atoms with Crippen molar-refractivity contribution in [3.8, 4) is 0 Å². The Balaban J connectivity index is 1.86. The molecule has 1 amide bonds. The van der Waals surface area contributed by atoms with E-state index < -0.39 is 18.1 Å². The highest BCUT2D eigenvalue weighted by atomic mass is 16.6. The van der Waals surface area contributed by atoms with Gasteiger partial charge in [-0.3, -0.25) is 4.90 Å². The number of carboxylic acids is 1. The third kappa shape index (κ3) is 4.98. The summed E-state index contributed by atoms with van der Waals surface area (Å²) >= 11 is 0. The molecule has 0 saturated carbocycles. The summed E-state index contributed by atoms with van der Waals surface area (Å²) in [5.41, 5.74) is 2.17. The number of ether oxygens (including phenoxy) is 1. The van der Waals surface area contributed by atoms with Crippen LogP contribution in [0.15, 0.2) is 91.0 Å². The number of hydrogen-bond acceptors (Lipinski definition) is 3. The first kappa shape index (κ1) is 19.2. The number of benzene rings is 3. The molecule has 0 aliphatic heterocycles. The van der Waals surface area contributed by atoms with Crippen molar-refractivity contribution in [1.29, 1.82) is 0 Å². The van der Waals surface area contributed by atoms with E-state index in [1.807, 2.05) is 60.7 Å². The van der Waals surface area contributed by atoms with E-state index in [9.17, 15) is 14.7 Å². The van der Waals surface area contributed by atoms with Gasteiger partial charge in [0.25, 0.3) is 0 Å². The van der Waals surface area contributed by atoms with E-state index in [-0.39, 0.29) is 13.2 Å². The van der Waals surface area contributed by atoms with Crippen LogP contribution in [0.3, 0.4) is 0 Å². The highest BCUT2D eigenvalue weighted by molar-refractivity contribution is 5.81. The Morgan fingerprint density at radius 1 is 0.786 bits per heavy atom. The molecule has 3 aromatic carbocycles. The second kappa shape index (κ2) is 9.37. The van der Waals surface area contributed by atoms with Crippen molar-refractivity contribution in [3.63, 3.8) is 0 Å². The summed E-state index contributed by atoms with van der Waals surface area (Å²) in [6.07, 6.45) is -0.677. The average molecular weight is 375 g/mol. The third-order valence-electron chi connectivity index (χ3n) is 4.30. The summed E-state index contributed by atoms with van der Waals surface area (Å²) in [4.78, 5) is 26.2. The van der Waals surface area contributed by atoms with Crippen LogP contribution in [0.4, 0.5) is 4.79 Å². The largest absolute Gasteiger partial charge is 0.479 e. The number of hydrogen-bond donors (Lipinski definition) is 1. The quantitative estimate of drug-likeness (QED) is 0.653. The normalized spacial score (nSPS) is 11.4. The topological polar surface area (TPSA) is 66.8 Å². The van der Waals surface area contributed by atoms with E-state index in [0.29, 0.717) is 5.56 Å². The van der Waals surface area contributed by atoms with Gasteiger partial charge in [0.15, 0.2) is 6.04 Å². The van der Waals surface area contributed by atoms with Gasteiger partial charge in [-0.05, 0) is 16.7 Å². The first-order valence-corrected chi connectivity index (χ1v) is 8.94. The Labute approximate surface area is 163 Å². The molecular formula is C23H21NO4. The molecule has 0 aliphatic carbocycles. The van der Waals surface area contributed by atoms with Crippen LogP contribution in [0.5, 0.6) is 0 Å². The predicted octanol–water partition coefficient (Wildman–Crippen LogP) is 4.65. The second-order valence-electron chi connectivity index (χ2n) is 6.31. The van der Waals surface area contributed by atoms with Gasteiger partial charge in [-0.1, -0.05) is 91.0 Å². The summed E-state index contributed by atoms with van der Waals surface area (Å²) in [6.45, 7) is 0.201. The van der Waals surface area contributed by atoms with Crippen LogP contribution in [0, 0.1) is 0 Å². The third-order valence-corrected chi connectivity index (χ3v) is 4.30. The van der Waals surface area contributed by atoms with Gasteiger partial charge < -0.3 is 9.84 Å². The van der Waals surface area contributed by atoms with Crippen LogP contribution in [0.2, 0.25) is 0 Å². The van der Waals surface area contributed by atoms with E-state index in [1.165, 1.54) is 4.90 Å². The molecule has 142 valence electrons. The summed E-state index contributed by atoms with van der Waals surface area (Å²) in [5, 5.41) is 9.86. The molecule has 1 N–H and O–H groups in total. The van der Waals surface area contributed by atoms with Crippen LogP contribution >= 0.6 is 0 Å². The summed E-state index contributed by atoms with van der Waals surface area (Å²) < 4.78 is 5.44. The highest BCUT2D eigenvalue weighted by Crippen LogP contribution is 2.24. The number of aliphatic carboxylic acids is 1. The predicted molar refractivity (Wildman–Crippen MR) is 105 cm³/mol. The van der Waals surface area contributed by atoms with Gasteiger partial charge in [-0.25, -0.2) is 9.59 Å². The molecule has 0 saturated heterocycles. The lowest BCUT2D eigenvalue weighted by molar-refractivity contribution is -0.143. The standard InChI is InChI=1S/C23H21NO4/c25-22(26)21(20-14-8-3-9-15-20)24(16-18-10-4-1-5-11-18)23(27)28-17-19-12-6-2-7-13-19/h1-15,21H,16-17H2,(H,25,26)/t21-/m0/s1. The minimum Gasteiger partial charge on any atom is -0.479 e. The molecule has 0 radical (unpaired) electrons. The fourth-order valence-corrected chi connectivity index (χ4v) is 2.93. The minimum absolute atomic E-state index is 0.0755. The maximum Gasteiger partial charge on any atom is 0.411 e. The second-order valence-corrected chi connectivity index (χ2v) is 6.31. The molecule has 5 nitrogen and oxygen atoms in total. The number of rotatable bonds is 7. The van der Waals surface area contributed by atoms with Crippen molar-refractivity contribution < 1.29 is 19.4 Å². The van der Waals surface area contributed by atoms with Crippen molar-refractivity contribution in [2.24, 2.45) is 0 Å². The van der Waals surface area contributed by atoms with E-state index in [2.05, 4.69) is 0 Å². The van der Waals surface area contributed by atoms with Gasteiger partial charge in [-0.2, -0.15) is 0 Å². The Kier molecular flexibility index (Phi) is 6.41. The lowest BCUT2D eigenvalue weighted by atomic mass is 10.0. The lowest BCUT2D eigenvalue weighted by Crippen LogP contribution is -2.38. The maximum absolute atomic E-state index is 12.9. The SMILES string of the molecule is O=C(O)[C@H](c1ccccc1)N(Cc1ccccc1)C(=O)OCc1ccccc1. The van der Waals surface area contributed by atoms with Gasteiger partial charge in [0.2, 0.25) is 0 Å². The van der Waals surface area contributed by atoms with Crippen LogP contribution in [0.25, 0.3) is 0 Å². The molecular weight excluding hydrogens is 354 g/mol. The first-order valence-electron chi connectivity index (χ1n) is 8.94. The molecule has 0 bridgehead atoms. The summed E-state index contributed by atoms with van der Waals surface area (Å²) in [6, 6.07) is 26.1. The first-order chi connectivity index (χ1) is 13.6. The molecule has 3 aromatic rings. The molecule has 5 heteroatoms. The Bertz CT molecular complexity index is 898. The van der Waals surface area contributed by atoms with E-state index in [1.54, 1.807) is 30.3 Å². The van der Waals surface area contributed by atoms with Gasteiger partial charge in [0, 0.05) is 0 Å². The smallest absolute Gasteiger partial charge is 0.411 e. The van der Waals surface area contributed by atoms with Crippen molar-refractivity contribution in [3.05, 3.63) is 108 Å². The summed E-state index contributed by atoms with van der Waals surface area (Å²) in [7, 11) is 0. The zero-order valence-corrected chi connectivity index (χ0v) is 15.3. The monoisotopic (exact) mass is 375 g/mol. The van der Waals surface area contributed by atoms with Crippen LogP contribution < -0.4 is 0 Å². The Morgan fingerprint density at radius 3 is 1.82 bits per heavy atom. The van der Waals surface area contributed by atoms with Crippen LogP contribution in [-0.2, 0) is 22.7 Å². The molecule has 1 atom stereocenters. The fraction of sp³-hybridized carbons (Fsp3) is 0.130. The van der Waals surface area contributed by atoms with E-state index >= 15 is 0 Å². The Morgan fingerprint density at radius 2 is 1.29 bits per heavy atom. The summed E-state index contributed by atoms with van der Waals surface area (Å²) in [5.74, 6) is -1.11. The highest BCUT2D eigenvalue weighted by Gasteiger charge is 2.32. The van der Waals surface area contributed by atoms with Gasteiger partial charge in [0.05, 0.1) is 6.54 Å². The van der Waals surface area contributed by atoms with Gasteiger partial charge in [-0.15, -0.1) is 0 Å². The molecule has 0 aliphatic rings. The zero-order chi connectivity index (χ0) is 19.8. The minimum atomic E-state index is -1.15. The van der Waals surface area contributed by atoms with Crippen molar-refractivity contribution >= 4 is 12.1 Å². The number of amides is 1. The van der Waals surface area contributed by atoms with Crippen molar-refractivity contribution in [1.82, 2.24) is 4.90 Å². The van der Waals surface area contributed by atoms with Crippen LogP contribution in [0.1, 0.15) is 22.7 Å². The maximum atomic E-state index is 12.9. The van der Waals surface area contributed by atoms with Crippen molar-refractivity contribution in [2.75, 3.05) is 0 Å². The number of carbonyl (C=O) groups is 2. The number of carboxylic acid groups (broad SMARTS) is 1. The molecule has 0 aromatic heterocycles. The van der Waals surface area contributed by atoms with Crippen molar-refractivity contribution in [2.45, 2.75) is 19.2 Å². The molecule has 0 unspecified atom stereocenters. The fourth-order valence-electron chi connectivity index (χ4n) is 2.93. The Hall–Kier alpha value is -3.60. The average Bonchev–Trinajstić information content (AvgIpc) is 2.73. The molecule has 0 fully saturated rings. The van der Waals surface area contributed by atoms with E-state index in [4.69, 9.17) is 4.74 Å². The van der Waals surface area contributed by atoms with Gasteiger partial charge >= 0.3 is 12.1 Å². The lowest BCUT2D eigenvalue weighted by Gasteiger charge is -2.28. The molecule has 0 spiro atoms. The van der Waals surface area contributed by atoms with E-state index in [0.717, 1.165) is 11.1 Å². The molecule has 3 rings (SSSR count). The number of nitrogens with zero attached hydrogens (tertiary/aromatic N) is 1. The number of carbonyl (C=O) groups excluding carboxylic acids is 1. The van der Waals surface area contributed by atoms with Gasteiger partial charge in [0.1, 0.15) is 6.61 Å². The van der Waals surface area contributed by atoms with Crippen LogP contribution in [-0.4, -0.2) is 22.1 Å². The zero-order valence-electron chi connectivity index (χ0n) is 15.3. The molecule has 0 heterocycles. The molecule has 28 heavy (non-hydrogen) atoms.